The molecule has 0 spiro atoms. The minimum atomic E-state index is 0.678. The van der Waals surface area contributed by atoms with Crippen molar-refractivity contribution < 1.29 is 4.52 Å². The molecule has 3 unspecified atom stereocenters. The van der Waals surface area contributed by atoms with E-state index >= 15 is 0 Å². The van der Waals surface area contributed by atoms with Gasteiger partial charge in [0.05, 0.1) is 5.69 Å². The van der Waals surface area contributed by atoms with Gasteiger partial charge in [-0.3, -0.25) is 0 Å². The first-order chi connectivity index (χ1) is 8.33. The summed E-state index contributed by atoms with van der Waals surface area (Å²) in [5, 5.41) is 7.66. The Kier molecular flexibility index (Phi) is 3.02. The minimum absolute atomic E-state index is 0.678. The van der Waals surface area contributed by atoms with Gasteiger partial charge in [0.2, 0.25) is 0 Å². The van der Waals surface area contributed by atoms with E-state index in [1.165, 1.54) is 32.1 Å². The number of hydrogen-bond donors (Lipinski definition) is 1. The highest BCUT2D eigenvalue weighted by Crippen LogP contribution is 2.31. The van der Waals surface area contributed by atoms with Gasteiger partial charge in [-0.15, -0.1) is 0 Å². The molecule has 3 rings (SSSR count). The average Bonchev–Trinajstić information content (AvgIpc) is 2.86. The number of aryl methyl sites for hydroxylation is 1. The predicted molar refractivity (Wildman–Crippen MR) is 67.6 cm³/mol. The van der Waals surface area contributed by atoms with E-state index in [1.807, 2.05) is 6.92 Å². The molecule has 2 aliphatic rings. The summed E-state index contributed by atoms with van der Waals surface area (Å²) in [7, 11) is 0. The zero-order chi connectivity index (χ0) is 11.7. The standard InChI is InChI=1S/C14H20N2O/c1-10-12(9-17-16-10)6-5-11-3-2-4-13-7-8-14(11)15-13/h5-6,9,11,13-15H,2-4,7-8H2,1H3. The molecular weight excluding hydrogens is 212 g/mol. The van der Waals surface area contributed by atoms with Crippen LogP contribution < -0.4 is 5.32 Å². The second-order valence-electron chi connectivity index (χ2n) is 5.36. The molecule has 3 heterocycles. The van der Waals surface area contributed by atoms with E-state index in [2.05, 4.69) is 22.6 Å². The lowest BCUT2D eigenvalue weighted by Gasteiger charge is -2.18. The summed E-state index contributed by atoms with van der Waals surface area (Å²) in [6, 6.07) is 1.48. The fourth-order valence-corrected chi connectivity index (χ4v) is 3.13. The monoisotopic (exact) mass is 232 g/mol. The van der Waals surface area contributed by atoms with Crippen LogP contribution in [0.4, 0.5) is 0 Å². The maximum atomic E-state index is 4.95. The molecule has 3 heteroatoms. The maximum absolute atomic E-state index is 4.95. The lowest BCUT2D eigenvalue weighted by molar-refractivity contribution is 0.415. The van der Waals surface area contributed by atoms with Gasteiger partial charge in [0.15, 0.2) is 0 Å². The zero-order valence-corrected chi connectivity index (χ0v) is 10.4. The molecule has 1 aromatic heterocycles. The lowest BCUT2D eigenvalue weighted by atomic mass is 9.90. The topological polar surface area (TPSA) is 38.1 Å². The summed E-state index contributed by atoms with van der Waals surface area (Å²) >= 11 is 0. The highest BCUT2D eigenvalue weighted by molar-refractivity contribution is 5.50. The largest absolute Gasteiger partial charge is 0.364 e. The molecule has 3 nitrogen and oxygen atoms in total. The highest BCUT2D eigenvalue weighted by atomic mass is 16.5. The summed E-state index contributed by atoms with van der Waals surface area (Å²) in [6.07, 6.45) is 13.0. The first-order valence-electron chi connectivity index (χ1n) is 6.68. The smallest absolute Gasteiger partial charge is 0.131 e. The molecule has 2 aliphatic heterocycles. The fraction of sp³-hybridized carbons (Fsp3) is 0.643. The second-order valence-corrected chi connectivity index (χ2v) is 5.36. The fourth-order valence-electron chi connectivity index (χ4n) is 3.13. The molecule has 1 aromatic rings. The van der Waals surface area contributed by atoms with Crippen molar-refractivity contribution in [2.75, 3.05) is 0 Å². The van der Waals surface area contributed by atoms with E-state index in [9.17, 15) is 0 Å². The van der Waals surface area contributed by atoms with Gasteiger partial charge in [0.25, 0.3) is 0 Å². The lowest BCUT2D eigenvalue weighted by Crippen LogP contribution is -2.31. The summed E-state index contributed by atoms with van der Waals surface area (Å²) in [5.74, 6) is 0.678. The van der Waals surface area contributed by atoms with Gasteiger partial charge < -0.3 is 9.84 Å². The van der Waals surface area contributed by atoms with Gasteiger partial charge in [-0.1, -0.05) is 23.7 Å². The number of rotatable bonds is 2. The third-order valence-electron chi connectivity index (χ3n) is 4.19. The Balaban J connectivity index is 1.71. The number of nitrogens with one attached hydrogen (secondary N) is 1. The third-order valence-corrected chi connectivity index (χ3v) is 4.19. The van der Waals surface area contributed by atoms with Crippen molar-refractivity contribution >= 4 is 6.08 Å². The Labute approximate surface area is 102 Å². The Hall–Kier alpha value is -1.09. The van der Waals surface area contributed by atoms with Crippen molar-refractivity contribution in [1.82, 2.24) is 10.5 Å². The van der Waals surface area contributed by atoms with E-state index in [1.54, 1.807) is 6.26 Å². The van der Waals surface area contributed by atoms with Crippen LogP contribution in [0, 0.1) is 12.8 Å². The van der Waals surface area contributed by atoms with Crippen LogP contribution in [0.2, 0.25) is 0 Å². The molecule has 0 aliphatic carbocycles. The Morgan fingerprint density at radius 2 is 2.29 bits per heavy atom. The molecule has 0 amide bonds. The van der Waals surface area contributed by atoms with Crippen molar-refractivity contribution in [1.29, 1.82) is 0 Å². The quantitative estimate of drug-likeness (QED) is 0.852. The van der Waals surface area contributed by atoms with Gasteiger partial charge in [-0.2, -0.15) is 0 Å². The van der Waals surface area contributed by atoms with Crippen molar-refractivity contribution in [3.8, 4) is 0 Å². The Bertz CT molecular complexity index is 410. The molecule has 0 radical (unpaired) electrons. The molecule has 0 saturated carbocycles. The Morgan fingerprint density at radius 3 is 3.12 bits per heavy atom. The molecule has 2 bridgehead atoms. The van der Waals surface area contributed by atoms with Gasteiger partial charge in [-0.05, 0) is 38.5 Å². The van der Waals surface area contributed by atoms with Crippen LogP contribution in [-0.4, -0.2) is 17.2 Å². The average molecular weight is 232 g/mol. The summed E-state index contributed by atoms with van der Waals surface area (Å²) in [6.45, 7) is 1.99. The minimum Gasteiger partial charge on any atom is -0.364 e. The SMILES string of the molecule is Cc1nocc1C=CC1CCCC2CCC1N2. The number of nitrogens with zero attached hydrogens (tertiary/aromatic N) is 1. The maximum Gasteiger partial charge on any atom is 0.131 e. The van der Waals surface area contributed by atoms with E-state index in [4.69, 9.17) is 4.52 Å². The molecule has 0 aromatic carbocycles. The van der Waals surface area contributed by atoms with Gasteiger partial charge >= 0.3 is 0 Å². The molecule has 92 valence electrons. The van der Waals surface area contributed by atoms with Gasteiger partial charge in [0, 0.05) is 17.6 Å². The molecule has 3 atom stereocenters. The first-order valence-corrected chi connectivity index (χ1v) is 6.68. The molecule has 17 heavy (non-hydrogen) atoms. The van der Waals surface area contributed by atoms with Gasteiger partial charge in [0.1, 0.15) is 6.26 Å². The van der Waals surface area contributed by atoms with Gasteiger partial charge in [-0.25, -0.2) is 0 Å². The molecule has 2 fully saturated rings. The van der Waals surface area contributed by atoms with Crippen molar-refractivity contribution in [3.63, 3.8) is 0 Å². The molecule has 1 N–H and O–H groups in total. The van der Waals surface area contributed by atoms with Crippen molar-refractivity contribution in [3.05, 3.63) is 23.6 Å². The normalized spacial score (nSPS) is 33.1. The number of hydrogen-bond acceptors (Lipinski definition) is 3. The summed E-state index contributed by atoms with van der Waals surface area (Å²) in [4.78, 5) is 0. The van der Waals surface area contributed by atoms with Crippen LogP contribution in [-0.2, 0) is 0 Å². The predicted octanol–water partition coefficient (Wildman–Crippen LogP) is 2.92. The van der Waals surface area contributed by atoms with E-state index in [0.29, 0.717) is 12.0 Å². The first kappa shape index (κ1) is 11.0. The number of fused-ring (bicyclic) bond motifs is 2. The van der Waals surface area contributed by atoms with E-state index < -0.39 is 0 Å². The summed E-state index contributed by atoms with van der Waals surface area (Å²) in [5.41, 5.74) is 2.09. The second kappa shape index (κ2) is 4.65. The van der Waals surface area contributed by atoms with Crippen molar-refractivity contribution in [2.45, 2.75) is 51.1 Å². The Morgan fingerprint density at radius 1 is 1.35 bits per heavy atom. The van der Waals surface area contributed by atoms with E-state index in [-0.39, 0.29) is 0 Å². The zero-order valence-electron chi connectivity index (χ0n) is 10.4. The van der Waals surface area contributed by atoms with Crippen LogP contribution in [0.5, 0.6) is 0 Å². The third kappa shape index (κ3) is 2.29. The number of aromatic nitrogens is 1. The van der Waals surface area contributed by atoms with Crippen molar-refractivity contribution in [2.24, 2.45) is 5.92 Å². The van der Waals surface area contributed by atoms with Crippen LogP contribution in [0.1, 0.15) is 43.4 Å². The summed E-state index contributed by atoms with van der Waals surface area (Å²) < 4.78 is 4.95. The molecule has 2 saturated heterocycles. The van der Waals surface area contributed by atoms with E-state index in [0.717, 1.165) is 17.3 Å². The van der Waals surface area contributed by atoms with Crippen LogP contribution in [0.25, 0.3) is 6.08 Å². The molecular formula is C14H20N2O. The van der Waals surface area contributed by atoms with Crippen LogP contribution >= 0.6 is 0 Å². The van der Waals surface area contributed by atoms with Crippen LogP contribution in [0.3, 0.4) is 0 Å². The van der Waals surface area contributed by atoms with Crippen LogP contribution in [0.15, 0.2) is 16.9 Å². The highest BCUT2D eigenvalue weighted by Gasteiger charge is 2.31.